The highest BCUT2D eigenvalue weighted by Gasteiger charge is 2.28. The van der Waals surface area contributed by atoms with Gasteiger partial charge in [-0.1, -0.05) is 44.0 Å². The average molecular weight is 514 g/mol. The lowest BCUT2D eigenvalue weighted by atomic mass is 9.89. The average Bonchev–Trinajstić information content (AvgIpc) is 3.08. The molecule has 0 atom stereocenters. The first-order chi connectivity index (χ1) is 18.4. The Morgan fingerprint density at radius 1 is 0.842 bits per heavy atom. The Balaban J connectivity index is 1.28. The van der Waals surface area contributed by atoms with E-state index in [2.05, 4.69) is 36.2 Å². The number of carbonyl (C=O) groups is 3. The van der Waals surface area contributed by atoms with Crippen LogP contribution >= 0.6 is 0 Å². The van der Waals surface area contributed by atoms with Gasteiger partial charge >= 0.3 is 0 Å². The minimum atomic E-state index is -0.487. The monoisotopic (exact) mass is 513 g/mol. The zero-order valence-corrected chi connectivity index (χ0v) is 22.7. The van der Waals surface area contributed by atoms with Crippen molar-refractivity contribution in [3.05, 3.63) is 70.4 Å². The van der Waals surface area contributed by atoms with Crippen LogP contribution in [0.2, 0.25) is 0 Å². The number of fused-ring (bicyclic) bond motifs is 1. The molecule has 2 aliphatic heterocycles. The molecule has 200 valence electrons. The highest BCUT2D eigenvalue weighted by Crippen LogP contribution is 2.28. The number of benzene rings is 2. The number of piperidine rings is 1. The van der Waals surface area contributed by atoms with Crippen LogP contribution in [0.4, 0.5) is 0 Å². The molecule has 5 rings (SSSR count). The molecule has 2 fully saturated rings. The third-order valence-electron chi connectivity index (χ3n) is 8.41. The van der Waals surface area contributed by atoms with Crippen molar-refractivity contribution in [1.82, 2.24) is 14.8 Å². The van der Waals surface area contributed by atoms with Gasteiger partial charge in [-0.05, 0) is 80.7 Å². The second kappa shape index (κ2) is 11.5. The summed E-state index contributed by atoms with van der Waals surface area (Å²) in [6.07, 6.45) is 8.15. The Morgan fingerprint density at radius 3 is 2.16 bits per heavy atom. The van der Waals surface area contributed by atoms with E-state index in [0.29, 0.717) is 30.1 Å². The van der Waals surface area contributed by atoms with Crippen molar-refractivity contribution in [1.29, 1.82) is 0 Å². The molecule has 2 aromatic carbocycles. The Kier molecular flexibility index (Phi) is 7.96. The normalized spacial score (nSPS) is 17.0. The number of nitrogens with zero attached hydrogens (tertiary/aromatic N) is 2. The van der Waals surface area contributed by atoms with Crippen molar-refractivity contribution in [3.8, 4) is 0 Å². The Labute approximate surface area is 225 Å². The van der Waals surface area contributed by atoms with Gasteiger partial charge in [-0.2, -0.15) is 0 Å². The van der Waals surface area contributed by atoms with Crippen molar-refractivity contribution in [2.45, 2.75) is 65.2 Å². The zero-order valence-electron chi connectivity index (χ0n) is 22.7. The summed E-state index contributed by atoms with van der Waals surface area (Å²) in [7, 11) is 0. The number of aromatic nitrogens is 1. The van der Waals surface area contributed by atoms with E-state index in [4.69, 9.17) is 0 Å². The van der Waals surface area contributed by atoms with Gasteiger partial charge in [0.15, 0.2) is 0 Å². The summed E-state index contributed by atoms with van der Waals surface area (Å²) >= 11 is 0. The quantitative estimate of drug-likeness (QED) is 0.338. The van der Waals surface area contributed by atoms with Crippen molar-refractivity contribution >= 4 is 28.5 Å². The molecule has 0 radical (unpaired) electrons. The predicted molar refractivity (Wildman–Crippen MR) is 151 cm³/mol. The number of Topliss-reactive ketones (excluding diaryl/α,β-unsaturated/α-hetero) is 1. The van der Waals surface area contributed by atoms with Gasteiger partial charge in [0.1, 0.15) is 0 Å². The first-order valence-corrected chi connectivity index (χ1v) is 14.3. The third kappa shape index (κ3) is 5.54. The molecule has 1 N–H and O–H groups in total. The summed E-state index contributed by atoms with van der Waals surface area (Å²) in [4.78, 5) is 46.7. The number of nitrogens with one attached hydrogen (secondary N) is 1. The van der Waals surface area contributed by atoms with E-state index >= 15 is 0 Å². The minimum Gasteiger partial charge on any atom is -0.358 e. The smallest absolute Gasteiger partial charge is 0.294 e. The number of likely N-dealkylation sites (tertiary alicyclic amines) is 2. The van der Waals surface area contributed by atoms with Gasteiger partial charge in [-0.25, -0.2) is 0 Å². The number of amides is 2. The number of carbonyl (C=O) groups excluding carboxylic acids is 3. The fourth-order valence-electron chi connectivity index (χ4n) is 6.03. The lowest BCUT2D eigenvalue weighted by molar-refractivity contribution is -0.126. The molecule has 0 unspecified atom stereocenters. The van der Waals surface area contributed by atoms with Gasteiger partial charge < -0.3 is 14.8 Å². The van der Waals surface area contributed by atoms with E-state index < -0.39 is 11.7 Å². The molecular weight excluding hydrogens is 474 g/mol. The first kappa shape index (κ1) is 26.2. The molecular formula is C32H39N3O3. The minimum absolute atomic E-state index is 0.00272. The number of H-pyrrole nitrogens is 1. The number of aromatic amines is 1. The second-order valence-corrected chi connectivity index (χ2v) is 11.0. The van der Waals surface area contributed by atoms with Crippen LogP contribution in [0.5, 0.6) is 0 Å². The van der Waals surface area contributed by atoms with Crippen molar-refractivity contribution < 1.29 is 14.4 Å². The predicted octanol–water partition coefficient (Wildman–Crippen LogP) is 5.72. The van der Waals surface area contributed by atoms with Gasteiger partial charge in [0.25, 0.3) is 11.8 Å². The number of hydrogen-bond acceptors (Lipinski definition) is 3. The molecule has 6 heteroatoms. The molecule has 0 bridgehead atoms. The molecule has 0 saturated carbocycles. The third-order valence-corrected chi connectivity index (χ3v) is 8.41. The van der Waals surface area contributed by atoms with Crippen molar-refractivity contribution in [3.63, 3.8) is 0 Å². The molecule has 3 aromatic rings. The summed E-state index contributed by atoms with van der Waals surface area (Å²) in [5.41, 5.74) is 5.31. The standard InChI is InChI=1S/C32H39N3O3/c1-3-23-8-10-24(11-9-23)20-25-14-18-35(19-15-25)31(37)29-22(2)33-28-13-12-26(21-27(28)29)30(36)32(38)34-16-6-4-5-7-17-34/h8-13,21,25,33H,3-7,14-20H2,1-2H3. The molecule has 0 spiro atoms. The van der Waals surface area contributed by atoms with E-state index in [1.807, 2.05) is 17.9 Å². The van der Waals surface area contributed by atoms with Crippen LogP contribution in [0.3, 0.4) is 0 Å². The van der Waals surface area contributed by atoms with Gasteiger partial charge in [-0.3, -0.25) is 14.4 Å². The molecule has 1 aromatic heterocycles. The lowest BCUT2D eigenvalue weighted by Crippen LogP contribution is -2.39. The topological polar surface area (TPSA) is 73.5 Å². The molecule has 2 aliphatic rings. The molecule has 2 amide bonds. The maximum Gasteiger partial charge on any atom is 0.294 e. The molecule has 2 saturated heterocycles. The fourth-order valence-corrected chi connectivity index (χ4v) is 6.03. The van der Waals surface area contributed by atoms with Crippen LogP contribution in [0.1, 0.15) is 83.0 Å². The van der Waals surface area contributed by atoms with Gasteiger partial charge in [0.05, 0.1) is 5.56 Å². The number of rotatable bonds is 6. The maximum atomic E-state index is 13.7. The van der Waals surface area contributed by atoms with Gasteiger partial charge in [0, 0.05) is 48.3 Å². The van der Waals surface area contributed by atoms with Crippen LogP contribution < -0.4 is 0 Å². The Bertz CT molecular complexity index is 1310. The maximum absolute atomic E-state index is 13.7. The van der Waals surface area contributed by atoms with E-state index in [1.165, 1.54) is 11.1 Å². The number of hydrogen-bond donors (Lipinski definition) is 1. The SMILES string of the molecule is CCc1ccc(CC2CCN(C(=O)c3c(C)[nH]c4ccc(C(=O)C(=O)N5CCCCCC5)cc34)CC2)cc1. The van der Waals surface area contributed by atoms with Gasteiger partial charge in [0.2, 0.25) is 5.78 Å². The van der Waals surface area contributed by atoms with E-state index in [0.717, 1.165) is 81.1 Å². The van der Waals surface area contributed by atoms with Crippen molar-refractivity contribution in [2.24, 2.45) is 5.92 Å². The van der Waals surface area contributed by atoms with Crippen molar-refractivity contribution in [2.75, 3.05) is 26.2 Å². The largest absolute Gasteiger partial charge is 0.358 e. The Morgan fingerprint density at radius 2 is 1.50 bits per heavy atom. The summed E-state index contributed by atoms with van der Waals surface area (Å²) in [5, 5.41) is 0.722. The highest BCUT2D eigenvalue weighted by molar-refractivity contribution is 6.43. The van der Waals surface area contributed by atoms with E-state index in [1.54, 1.807) is 17.0 Å². The summed E-state index contributed by atoms with van der Waals surface area (Å²) in [6.45, 7) is 6.82. The summed E-state index contributed by atoms with van der Waals surface area (Å²) in [6, 6.07) is 14.2. The molecule has 38 heavy (non-hydrogen) atoms. The molecule has 0 aliphatic carbocycles. The number of ketones is 1. The highest BCUT2D eigenvalue weighted by atomic mass is 16.2. The van der Waals surface area contributed by atoms with E-state index in [9.17, 15) is 14.4 Å². The van der Waals surface area contributed by atoms with Crippen LogP contribution in [-0.4, -0.2) is 58.6 Å². The van der Waals surface area contributed by atoms with Gasteiger partial charge in [-0.15, -0.1) is 0 Å². The lowest BCUT2D eigenvalue weighted by Gasteiger charge is -2.32. The van der Waals surface area contributed by atoms with Crippen LogP contribution in [-0.2, 0) is 17.6 Å². The van der Waals surface area contributed by atoms with E-state index in [-0.39, 0.29) is 5.91 Å². The first-order valence-electron chi connectivity index (χ1n) is 14.3. The van der Waals surface area contributed by atoms with Crippen LogP contribution in [0.15, 0.2) is 42.5 Å². The van der Waals surface area contributed by atoms with Crippen LogP contribution in [0.25, 0.3) is 10.9 Å². The van der Waals surface area contributed by atoms with Crippen LogP contribution in [0, 0.1) is 12.8 Å². The molecule has 6 nitrogen and oxygen atoms in total. The second-order valence-electron chi connectivity index (χ2n) is 11.0. The number of aryl methyl sites for hydroxylation is 2. The Hall–Kier alpha value is -3.41. The summed E-state index contributed by atoms with van der Waals surface area (Å²) in [5.74, 6) is -0.343. The fraction of sp³-hybridized carbons (Fsp3) is 0.469. The zero-order chi connectivity index (χ0) is 26.6. The molecule has 3 heterocycles. The summed E-state index contributed by atoms with van der Waals surface area (Å²) < 4.78 is 0.